The van der Waals surface area contributed by atoms with Crippen LogP contribution in [0.1, 0.15) is 49.9 Å². The second kappa shape index (κ2) is 17.5. The van der Waals surface area contributed by atoms with Crippen LogP contribution in [0.3, 0.4) is 0 Å². The molecule has 2 N–H and O–H groups in total. The van der Waals surface area contributed by atoms with Crippen LogP contribution in [0.4, 0.5) is 23.7 Å². The van der Waals surface area contributed by atoms with Crippen molar-refractivity contribution in [3.05, 3.63) is 76.9 Å². The summed E-state index contributed by atoms with van der Waals surface area (Å²) in [7, 11) is 1.48. The Labute approximate surface area is 273 Å². The average Bonchev–Trinajstić information content (AvgIpc) is 2.98. The summed E-state index contributed by atoms with van der Waals surface area (Å²) in [5.74, 6) is -1.10. The maximum atomic E-state index is 13.6. The average molecular weight is 656 g/mol. The van der Waals surface area contributed by atoms with Gasteiger partial charge in [-0.15, -0.1) is 6.42 Å². The number of carbonyl (C=O) groups excluding carboxylic acids is 4. The monoisotopic (exact) mass is 655 g/mol. The number of terminal acetylenes is 1. The molecule has 4 amide bonds. The van der Waals surface area contributed by atoms with Gasteiger partial charge in [0.05, 0.1) is 6.42 Å². The maximum Gasteiger partial charge on any atom is 0.471 e. The van der Waals surface area contributed by atoms with E-state index in [0.29, 0.717) is 28.0 Å². The molecular formula is C34H40F3N5O5. The zero-order valence-corrected chi connectivity index (χ0v) is 27.1. The molecule has 47 heavy (non-hydrogen) atoms. The fraction of sp³-hybridized carbons (Fsp3) is 0.382. The van der Waals surface area contributed by atoms with E-state index in [4.69, 9.17) is 11.2 Å². The first-order valence-electron chi connectivity index (χ1n) is 14.7. The fourth-order valence-electron chi connectivity index (χ4n) is 4.28. The highest BCUT2D eigenvalue weighted by molar-refractivity contribution is 5.95. The van der Waals surface area contributed by atoms with Crippen LogP contribution in [0.5, 0.6) is 0 Å². The Hall–Kier alpha value is -5.12. The fourth-order valence-corrected chi connectivity index (χ4v) is 4.28. The van der Waals surface area contributed by atoms with Gasteiger partial charge >= 0.3 is 18.2 Å². The van der Waals surface area contributed by atoms with E-state index in [1.807, 2.05) is 6.92 Å². The van der Waals surface area contributed by atoms with E-state index in [1.54, 1.807) is 63.2 Å². The van der Waals surface area contributed by atoms with E-state index in [1.165, 1.54) is 30.3 Å². The van der Waals surface area contributed by atoms with Gasteiger partial charge in [-0.2, -0.15) is 13.2 Å². The largest absolute Gasteiger partial charge is 0.471 e. The summed E-state index contributed by atoms with van der Waals surface area (Å²) >= 11 is 0. The number of halogens is 3. The molecule has 0 bridgehead atoms. The molecule has 252 valence electrons. The predicted molar refractivity (Wildman–Crippen MR) is 173 cm³/mol. The van der Waals surface area contributed by atoms with E-state index in [9.17, 15) is 32.3 Å². The van der Waals surface area contributed by atoms with Gasteiger partial charge in [-0.05, 0) is 73.7 Å². The Morgan fingerprint density at radius 1 is 0.979 bits per heavy atom. The van der Waals surface area contributed by atoms with E-state index in [2.05, 4.69) is 21.5 Å². The van der Waals surface area contributed by atoms with E-state index >= 15 is 0 Å². The van der Waals surface area contributed by atoms with Gasteiger partial charge < -0.3 is 25.2 Å². The van der Waals surface area contributed by atoms with E-state index in [0.717, 1.165) is 5.56 Å². The van der Waals surface area contributed by atoms with Gasteiger partial charge in [-0.1, -0.05) is 43.2 Å². The Balaban J connectivity index is 2.21. The number of ether oxygens (including phenoxy) is 1. The van der Waals surface area contributed by atoms with Crippen molar-refractivity contribution in [3.63, 3.8) is 0 Å². The molecule has 0 spiro atoms. The summed E-state index contributed by atoms with van der Waals surface area (Å²) < 4.78 is 46.2. The molecule has 13 heteroatoms. The Bertz CT molecular complexity index is 1520. The highest BCUT2D eigenvalue weighted by Crippen LogP contribution is 2.23. The van der Waals surface area contributed by atoms with Gasteiger partial charge in [0.25, 0.3) is 0 Å². The standard InChI is InChI=1S/C34H40F3N5O5/c1-7-9-12-17-38-23-39-29(43)19-27-18-28(16-15-24(27)8-2)40-30(44)22-42(31(45)34(35,36)37)21-26-14-11-10-13-25(26)20-41(6)32(46)47-33(3,4)5/h1,9-18H,8,19-23H2,2-6H3,(H,39,43)(H,40,44)/b12-9-,38-17?. The van der Waals surface area contributed by atoms with Crippen molar-refractivity contribution in [2.24, 2.45) is 4.99 Å². The second-order valence-corrected chi connectivity index (χ2v) is 11.4. The summed E-state index contributed by atoms with van der Waals surface area (Å²) in [5.41, 5.74) is 1.70. The van der Waals surface area contributed by atoms with Crippen LogP contribution < -0.4 is 10.6 Å². The number of anilines is 1. The predicted octanol–water partition coefficient (Wildman–Crippen LogP) is 5.02. The Kier molecular flexibility index (Phi) is 14.2. The smallest absolute Gasteiger partial charge is 0.444 e. The number of rotatable bonds is 13. The molecule has 0 atom stereocenters. The van der Waals surface area contributed by atoms with Crippen LogP contribution in [0.2, 0.25) is 0 Å². The molecule has 2 rings (SSSR count). The summed E-state index contributed by atoms with van der Waals surface area (Å²) in [6.45, 7) is 5.55. The van der Waals surface area contributed by atoms with Gasteiger partial charge in [0.15, 0.2) is 0 Å². The van der Waals surface area contributed by atoms with Gasteiger partial charge in [-0.3, -0.25) is 19.4 Å². The van der Waals surface area contributed by atoms with Crippen LogP contribution in [-0.2, 0) is 45.1 Å². The summed E-state index contributed by atoms with van der Waals surface area (Å²) in [4.78, 5) is 56.1. The second-order valence-electron chi connectivity index (χ2n) is 11.4. The normalized spacial score (nSPS) is 11.6. The lowest BCUT2D eigenvalue weighted by molar-refractivity contribution is -0.186. The molecule has 2 aromatic rings. The lowest BCUT2D eigenvalue weighted by atomic mass is 10.0. The van der Waals surface area contributed by atoms with Crippen molar-refractivity contribution >= 4 is 35.7 Å². The zero-order chi connectivity index (χ0) is 35.2. The third-order valence-electron chi connectivity index (χ3n) is 6.43. The number of aliphatic imine (C=N–C) groups is 1. The first kappa shape index (κ1) is 38.1. The molecule has 0 unspecified atom stereocenters. The molecule has 0 radical (unpaired) electrons. The number of alkyl halides is 3. The van der Waals surface area contributed by atoms with Crippen LogP contribution in [0.15, 0.2) is 59.6 Å². The number of benzene rings is 2. The molecule has 0 heterocycles. The lowest BCUT2D eigenvalue weighted by Gasteiger charge is -2.27. The first-order chi connectivity index (χ1) is 22.0. The third kappa shape index (κ3) is 13.4. The number of allylic oxidation sites excluding steroid dienone is 2. The molecule has 0 aliphatic carbocycles. The minimum Gasteiger partial charge on any atom is -0.444 e. The Morgan fingerprint density at radius 3 is 2.23 bits per heavy atom. The molecule has 10 nitrogen and oxygen atoms in total. The SMILES string of the molecule is C#C/C=C\C=NCNC(=O)Cc1cc(NC(=O)CN(Cc2ccccc2CN(C)C(=O)OC(C)(C)C)C(=O)C(F)(F)F)ccc1CC. The van der Waals surface area contributed by atoms with Crippen molar-refractivity contribution < 1.29 is 37.1 Å². The molecule has 0 fully saturated rings. The van der Waals surface area contributed by atoms with E-state index in [-0.39, 0.29) is 31.2 Å². The number of nitrogens with one attached hydrogen (secondary N) is 2. The van der Waals surface area contributed by atoms with Gasteiger partial charge in [-0.25, -0.2) is 4.79 Å². The van der Waals surface area contributed by atoms with Crippen molar-refractivity contribution in [1.82, 2.24) is 15.1 Å². The number of aryl methyl sites for hydroxylation is 1. The highest BCUT2D eigenvalue weighted by atomic mass is 19.4. The van der Waals surface area contributed by atoms with Crippen molar-refractivity contribution in [3.8, 4) is 12.3 Å². The number of carbonyl (C=O) groups is 4. The minimum absolute atomic E-state index is 0.0133. The summed E-state index contributed by atoms with van der Waals surface area (Å²) in [5, 5.41) is 5.17. The topological polar surface area (TPSA) is 120 Å². The quantitative estimate of drug-likeness (QED) is 0.232. The van der Waals surface area contributed by atoms with Crippen LogP contribution in [0, 0.1) is 12.3 Å². The molecule has 2 aromatic carbocycles. The van der Waals surface area contributed by atoms with Crippen molar-refractivity contribution in [2.45, 2.75) is 65.4 Å². The number of amides is 4. The molecule has 0 aliphatic rings. The molecule has 0 saturated carbocycles. The summed E-state index contributed by atoms with van der Waals surface area (Å²) in [6.07, 6.45) is 4.21. The van der Waals surface area contributed by atoms with Crippen LogP contribution in [-0.4, -0.2) is 71.9 Å². The summed E-state index contributed by atoms with van der Waals surface area (Å²) in [6, 6.07) is 11.2. The van der Waals surface area contributed by atoms with Gasteiger partial charge in [0.1, 0.15) is 18.8 Å². The van der Waals surface area contributed by atoms with Gasteiger partial charge in [0, 0.05) is 32.0 Å². The Morgan fingerprint density at radius 2 is 1.64 bits per heavy atom. The van der Waals surface area contributed by atoms with E-state index < -0.39 is 42.8 Å². The maximum absolute atomic E-state index is 13.6. The number of nitrogens with zero attached hydrogens (tertiary/aromatic N) is 3. The molecule has 0 saturated heterocycles. The number of hydrogen-bond donors (Lipinski definition) is 2. The molecule has 0 aromatic heterocycles. The number of hydrogen-bond acceptors (Lipinski definition) is 6. The molecular weight excluding hydrogens is 615 g/mol. The third-order valence-corrected chi connectivity index (χ3v) is 6.43. The van der Waals surface area contributed by atoms with Gasteiger partial charge in [0.2, 0.25) is 11.8 Å². The molecule has 0 aliphatic heterocycles. The van der Waals surface area contributed by atoms with Crippen molar-refractivity contribution in [1.29, 1.82) is 0 Å². The minimum atomic E-state index is -5.24. The van der Waals surface area contributed by atoms with Crippen molar-refractivity contribution in [2.75, 3.05) is 25.6 Å². The zero-order valence-electron chi connectivity index (χ0n) is 27.1. The lowest BCUT2D eigenvalue weighted by Crippen LogP contribution is -2.44. The van der Waals surface area contributed by atoms with Crippen LogP contribution in [0.25, 0.3) is 0 Å². The van der Waals surface area contributed by atoms with Crippen LogP contribution >= 0.6 is 0 Å². The highest BCUT2D eigenvalue weighted by Gasteiger charge is 2.43. The first-order valence-corrected chi connectivity index (χ1v) is 14.7.